The number of amides is 3. The van der Waals surface area contributed by atoms with Crippen molar-refractivity contribution in [1.29, 1.82) is 0 Å². The van der Waals surface area contributed by atoms with Crippen molar-refractivity contribution in [2.75, 3.05) is 26.2 Å². The van der Waals surface area contributed by atoms with Crippen molar-refractivity contribution in [3.63, 3.8) is 0 Å². The molecule has 8 nitrogen and oxygen atoms in total. The van der Waals surface area contributed by atoms with Crippen LogP contribution in [0.15, 0.2) is 27.6 Å². The minimum atomic E-state index is -1.09. The topological polar surface area (TPSA) is 104 Å². The average Bonchev–Trinajstić information content (AvgIpc) is 3.26. The van der Waals surface area contributed by atoms with Crippen molar-refractivity contribution in [3.8, 4) is 5.75 Å². The fourth-order valence-electron chi connectivity index (χ4n) is 2.85. The lowest BCUT2D eigenvalue weighted by molar-refractivity contribution is -0.139. The number of ether oxygens (including phenoxy) is 1. The standard InChI is InChI=1S/C18H17BrN2O6S/c19-12-7-11(3-4-13(12)27-10-16(23)24)8-14-17(25)21(18(26)28-14)9-15(22)20-5-1-2-6-20/h3-4,7-8H,1-2,5-6,9-10H2,(H,23,24). The van der Waals surface area contributed by atoms with Crippen molar-refractivity contribution >= 4 is 56.8 Å². The minimum absolute atomic E-state index is 0.219. The van der Waals surface area contributed by atoms with E-state index in [1.165, 1.54) is 0 Å². The van der Waals surface area contributed by atoms with Crippen LogP contribution in [0.25, 0.3) is 6.08 Å². The van der Waals surface area contributed by atoms with Crippen LogP contribution >= 0.6 is 27.7 Å². The second-order valence-corrected chi connectivity index (χ2v) is 8.08. The van der Waals surface area contributed by atoms with Gasteiger partial charge in [0, 0.05) is 13.1 Å². The molecule has 2 fully saturated rings. The molecule has 0 aromatic heterocycles. The van der Waals surface area contributed by atoms with E-state index in [2.05, 4.69) is 15.9 Å². The smallest absolute Gasteiger partial charge is 0.341 e. The van der Waals surface area contributed by atoms with Gasteiger partial charge in [-0.05, 0) is 64.3 Å². The van der Waals surface area contributed by atoms with Crippen LogP contribution in [0.5, 0.6) is 5.75 Å². The monoisotopic (exact) mass is 468 g/mol. The lowest BCUT2D eigenvalue weighted by atomic mass is 10.2. The maximum Gasteiger partial charge on any atom is 0.341 e. The Hall–Kier alpha value is -2.33. The second kappa shape index (κ2) is 8.78. The van der Waals surface area contributed by atoms with E-state index in [-0.39, 0.29) is 17.4 Å². The SMILES string of the molecule is O=C(O)COc1ccc(C=C2SC(=O)N(CC(=O)N3CCCC3)C2=O)cc1Br. The summed E-state index contributed by atoms with van der Waals surface area (Å²) in [6.45, 7) is 0.611. The maximum absolute atomic E-state index is 12.5. The van der Waals surface area contributed by atoms with E-state index >= 15 is 0 Å². The zero-order valence-corrected chi connectivity index (χ0v) is 17.1. The minimum Gasteiger partial charge on any atom is -0.481 e. The van der Waals surface area contributed by atoms with Crippen molar-refractivity contribution in [1.82, 2.24) is 9.80 Å². The molecule has 1 aromatic carbocycles. The fraction of sp³-hybridized carbons (Fsp3) is 0.333. The van der Waals surface area contributed by atoms with Gasteiger partial charge in [0.05, 0.1) is 9.38 Å². The Morgan fingerprint density at radius 1 is 1.25 bits per heavy atom. The molecule has 0 atom stereocenters. The van der Waals surface area contributed by atoms with Gasteiger partial charge < -0.3 is 14.7 Å². The Morgan fingerprint density at radius 3 is 2.61 bits per heavy atom. The summed E-state index contributed by atoms with van der Waals surface area (Å²) in [6, 6.07) is 4.87. The molecule has 2 heterocycles. The summed E-state index contributed by atoms with van der Waals surface area (Å²) in [7, 11) is 0. The van der Waals surface area contributed by atoms with Crippen LogP contribution in [-0.4, -0.2) is 64.2 Å². The molecule has 0 unspecified atom stereocenters. The van der Waals surface area contributed by atoms with E-state index in [9.17, 15) is 19.2 Å². The van der Waals surface area contributed by atoms with Crippen molar-refractivity contribution in [2.45, 2.75) is 12.8 Å². The summed E-state index contributed by atoms with van der Waals surface area (Å²) in [4.78, 5) is 50.4. The Morgan fingerprint density at radius 2 is 1.96 bits per heavy atom. The number of hydrogen-bond acceptors (Lipinski definition) is 6. The summed E-state index contributed by atoms with van der Waals surface area (Å²) < 4.78 is 5.65. The molecule has 2 aliphatic rings. The second-order valence-electron chi connectivity index (χ2n) is 6.23. The van der Waals surface area contributed by atoms with Gasteiger partial charge in [0.1, 0.15) is 12.3 Å². The highest BCUT2D eigenvalue weighted by molar-refractivity contribution is 9.10. The highest BCUT2D eigenvalue weighted by Gasteiger charge is 2.37. The van der Waals surface area contributed by atoms with Crippen LogP contribution < -0.4 is 4.74 Å². The number of imide groups is 1. The van der Waals surface area contributed by atoms with Crippen LogP contribution in [0.3, 0.4) is 0 Å². The summed E-state index contributed by atoms with van der Waals surface area (Å²) in [5, 5.41) is 8.20. The van der Waals surface area contributed by atoms with Gasteiger partial charge in [-0.3, -0.25) is 19.3 Å². The highest BCUT2D eigenvalue weighted by atomic mass is 79.9. The van der Waals surface area contributed by atoms with Crippen LogP contribution in [0, 0.1) is 0 Å². The zero-order chi connectivity index (χ0) is 20.3. The molecular formula is C18H17BrN2O6S. The Balaban J connectivity index is 1.69. The lowest BCUT2D eigenvalue weighted by Crippen LogP contribution is -2.40. The first-order chi connectivity index (χ1) is 13.3. The van der Waals surface area contributed by atoms with Gasteiger partial charge in [-0.1, -0.05) is 6.07 Å². The van der Waals surface area contributed by atoms with Gasteiger partial charge in [0.25, 0.3) is 11.1 Å². The zero-order valence-electron chi connectivity index (χ0n) is 14.7. The number of rotatable bonds is 6. The van der Waals surface area contributed by atoms with E-state index in [0.29, 0.717) is 28.9 Å². The summed E-state index contributed by atoms with van der Waals surface area (Å²) >= 11 is 4.08. The molecule has 2 saturated heterocycles. The number of carbonyl (C=O) groups excluding carboxylic acids is 3. The molecular weight excluding hydrogens is 452 g/mol. The van der Waals surface area contributed by atoms with Crippen LogP contribution in [-0.2, 0) is 14.4 Å². The quantitative estimate of drug-likeness (QED) is 0.639. The number of thioether (sulfide) groups is 1. The molecule has 0 radical (unpaired) electrons. The first-order valence-electron chi connectivity index (χ1n) is 8.52. The Bertz CT molecular complexity index is 866. The van der Waals surface area contributed by atoms with Gasteiger partial charge in [-0.2, -0.15) is 0 Å². The number of carboxylic acid groups (broad SMARTS) is 1. The summed E-state index contributed by atoms with van der Waals surface area (Å²) in [6.07, 6.45) is 3.43. The maximum atomic E-state index is 12.5. The number of carboxylic acids is 1. The highest BCUT2D eigenvalue weighted by Crippen LogP contribution is 2.34. The van der Waals surface area contributed by atoms with Crippen LogP contribution in [0.1, 0.15) is 18.4 Å². The predicted octanol–water partition coefficient (Wildman–Crippen LogP) is 2.57. The van der Waals surface area contributed by atoms with E-state index in [0.717, 1.165) is 29.5 Å². The number of likely N-dealkylation sites (tertiary alicyclic amines) is 1. The third-order valence-electron chi connectivity index (χ3n) is 4.23. The molecule has 0 spiro atoms. The number of halogens is 1. The summed E-state index contributed by atoms with van der Waals surface area (Å²) in [5.41, 5.74) is 0.630. The molecule has 10 heteroatoms. The predicted molar refractivity (Wildman–Crippen MR) is 106 cm³/mol. The molecule has 0 bridgehead atoms. The molecule has 28 heavy (non-hydrogen) atoms. The lowest BCUT2D eigenvalue weighted by Gasteiger charge is -2.18. The van der Waals surface area contributed by atoms with Crippen molar-refractivity contribution < 1.29 is 29.0 Å². The molecule has 3 rings (SSSR count). The molecule has 3 amide bonds. The number of carbonyl (C=O) groups is 4. The number of nitrogens with zero attached hydrogens (tertiary/aromatic N) is 2. The van der Waals surface area contributed by atoms with E-state index < -0.39 is 23.7 Å². The van der Waals surface area contributed by atoms with Gasteiger partial charge in [0.2, 0.25) is 5.91 Å². The number of benzene rings is 1. The van der Waals surface area contributed by atoms with Crippen molar-refractivity contribution in [3.05, 3.63) is 33.1 Å². The normalized spacial score (nSPS) is 18.2. The number of hydrogen-bond donors (Lipinski definition) is 1. The van der Waals surface area contributed by atoms with Crippen LogP contribution in [0.4, 0.5) is 4.79 Å². The molecule has 1 aromatic rings. The average molecular weight is 469 g/mol. The Labute approximate surface area is 173 Å². The molecule has 0 aliphatic carbocycles. The van der Waals surface area contributed by atoms with Gasteiger partial charge in [-0.15, -0.1) is 0 Å². The molecule has 2 aliphatic heterocycles. The van der Waals surface area contributed by atoms with E-state index in [4.69, 9.17) is 9.84 Å². The van der Waals surface area contributed by atoms with E-state index in [1.807, 2.05) is 0 Å². The first kappa shape index (κ1) is 20.4. The molecule has 148 valence electrons. The Kier molecular flexibility index (Phi) is 6.40. The third kappa shape index (κ3) is 4.74. The largest absolute Gasteiger partial charge is 0.481 e. The van der Waals surface area contributed by atoms with Gasteiger partial charge in [-0.25, -0.2) is 4.79 Å². The molecule has 1 N–H and O–H groups in total. The van der Waals surface area contributed by atoms with Gasteiger partial charge in [0.15, 0.2) is 6.61 Å². The third-order valence-corrected chi connectivity index (χ3v) is 5.76. The fourth-order valence-corrected chi connectivity index (χ4v) is 4.20. The first-order valence-corrected chi connectivity index (χ1v) is 10.1. The van der Waals surface area contributed by atoms with E-state index in [1.54, 1.807) is 29.2 Å². The van der Waals surface area contributed by atoms with Crippen molar-refractivity contribution in [2.24, 2.45) is 0 Å². The number of aliphatic carboxylic acids is 1. The molecule has 0 saturated carbocycles. The summed E-state index contributed by atoms with van der Waals surface area (Å²) in [5.74, 6) is -1.45. The van der Waals surface area contributed by atoms with Crippen LogP contribution in [0.2, 0.25) is 0 Å². The van der Waals surface area contributed by atoms with Gasteiger partial charge >= 0.3 is 5.97 Å².